The zero-order chi connectivity index (χ0) is 19.7. The normalized spacial score (nSPS) is 18.2. The van der Waals surface area contributed by atoms with Gasteiger partial charge in [-0.25, -0.2) is 0 Å². The van der Waals surface area contributed by atoms with Crippen LogP contribution in [-0.4, -0.2) is 30.6 Å². The number of benzene rings is 2. The Morgan fingerprint density at radius 3 is 2.82 bits per heavy atom. The van der Waals surface area contributed by atoms with Crippen molar-refractivity contribution in [3.8, 4) is 0 Å². The number of para-hydroxylation sites is 2. The maximum absolute atomic E-state index is 13.3. The lowest BCUT2D eigenvalue weighted by Gasteiger charge is -2.28. The summed E-state index contributed by atoms with van der Waals surface area (Å²) >= 11 is 0. The molecule has 2 aromatic rings. The summed E-state index contributed by atoms with van der Waals surface area (Å²) in [6, 6.07) is 15.5. The van der Waals surface area contributed by atoms with Crippen molar-refractivity contribution in [2.24, 2.45) is 10.9 Å². The molecule has 1 atom stereocenters. The molecule has 5 heteroatoms. The van der Waals surface area contributed by atoms with Crippen LogP contribution in [0.1, 0.15) is 31.7 Å². The van der Waals surface area contributed by atoms with Crippen LogP contribution in [-0.2, 0) is 9.59 Å². The number of hydrogen-bond donors (Lipinski definition) is 0. The highest BCUT2D eigenvalue weighted by molar-refractivity contribution is 6.17. The van der Waals surface area contributed by atoms with Gasteiger partial charge < -0.3 is 9.80 Å². The summed E-state index contributed by atoms with van der Waals surface area (Å²) in [7, 11) is 0. The van der Waals surface area contributed by atoms with E-state index in [0.29, 0.717) is 6.54 Å². The van der Waals surface area contributed by atoms with E-state index in [4.69, 9.17) is 4.99 Å². The van der Waals surface area contributed by atoms with Gasteiger partial charge in [0.15, 0.2) is 0 Å². The minimum Gasteiger partial charge on any atom is -0.311 e. The summed E-state index contributed by atoms with van der Waals surface area (Å²) in [5, 5.41) is 0. The van der Waals surface area contributed by atoms with Crippen molar-refractivity contribution in [3.05, 3.63) is 54.1 Å². The van der Waals surface area contributed by atoms with Crippen molar-refractivity contribution in [2.75, 3.05) is 22.9 Å². The van der Waals surface area contributed by atoms with Crippen LogP contribution in [0.15, 0.2) is 53.5 Å². The Hall–Kier alpha value is -2.95. The van der Waals surface area contributed by atoms with Gasteiger partial charge in [0.25, 0.3) is 0 Å². The molecule has 144 valence electrons. The Balaban J connectivity index is 1.66. The fourth-order valence-corrected chi connectivity index (χ4v) is 4.16. The molecule has 1 aliphatic carbocycles. The molecule has 0 unspecified atom stereocenters. The molecule has 0 aromatic heterocycles. The third-order valence-electron chi connectivity index (χ3n) is 5.55. The second-order valence-corrected chi connectivity index (χ2v) is 7.44. The summed E-state index contributed by atoms with van der Waals surface area (Å²) in [4.78, 5) is 34.7. The van der Waals surface area contributed by atoms with E-state index in [9.17, 15) is 9.59 Å². The fourth-order valence-electron chi connectivity index (χ4n) is 4.16. The van der Waals surface area contributed by atoms with E-state index in [1.807, 2.05) is 62.4 Å². The maximum Gasteiger partial charge on any atom is 0.247 e. The topological polar surface area (TPSA) is 53.0 Å². The van der Waals surface area contributed by atoms with Gasteiger partial charge in [-0.05, 0) is 62.9 Å². The number of anilines is 2. The highest BCUT2D eigenvalue weighted by atomic mass is 16.2. The minimum atomic E-state index is -0.200. The van der Waals surface area contributed by atoms with Gasteiger partial charge in [0.05, 0.1) is 17.3 Å². The van der Waals surface area contributed by atoms with E-state index in [2.05, 4.69) is 0 Å². The van der Waals surface area contributed by atoms with Crippen molar-refractivity contribution in [1.82, 2.24) is 0 Å². The molecule has 0 spiro atoms. The molecule has 0 N–H and O–H groups in total. The number of nitrogens with zero attached hydrogens (tertiary/aromatic N) is 3. The standard InChI is InChI=1S/C23H25N3O2/c1-3-25(17-9-6-8-16(2)14-17)22(27)15-26-21-13-5-4-11-20(21)24-19-12-7-10-18(19)23(26)28/h4-6,8-9,11,13-14,18H,3,7,10,12,15H2,1-2H3/t18-/m0/s1. The number of carbonyl (C=O) groups is 2. The molecule has 2 aliphatic rings. The monoisotopic (exact) mass is 375 g/mol. The Morgan fingerprint density at radius 1 is 1.21 bits per heavy atom. The number of aryl methyl sites for hydroxylation is 1. The van der Waals surface area contributed by atoms with E-state index in [-0.39, 0.29) is 24.3 Å². The number of amides is 2. The SMILES string of the molecule is CCN(C(=O)CN1C(=O)[C@H]2CCCC2=Nc2ccccc21)c1cccc(C)c1. The average Bonchev–Trinajstić information content (AvgIpc) is 3.11. The van der Waals surface area contributed by atoms with E-state index >= 15 is 0 Å². The number of likely N-dealkylation sites (N-methyl/N-ethyl adjacent to an activating group) is 1. The number of aliphatic imine (C=N–C) groups is 1. The van der Waals surface area contributed by atoms with E-state index in [1.165, 1.54) is 0 Å². The van der Waals surface area contributed by atoms with Crippen molar-refractivity contribution in [2.45, 2.75) is 33.1 Å². The quantitative estimate of drug-likeness (QED) is 0.801. The van der Waals surface area contributed by atoms with Crippen molar-refractivity contribution < 1.29 is 9.59 Å². The van der Waals surface area contributed by atoms with E-state index in [1.54, 1.807) is 9.80 Å². The molecule has 1 heterocycles. The first-order valence-electron chi connectivity index (χ1n) is 9.93. The van der Waals surface area contributed by atoms with Crippen molar-refractivity contribution >= 4 is 34.6 Å². The molecule has 1 aliphatic heterocycles. The second kappa shape index (κ2) is 7.58. The molecule has 0 saturated heterocycles. The second-order valence-electron chi connectivity index (χ2n) is 7.44. The molecule has 0 bridgehead atoms. The van der Waals surface area contributed by atoms with Crippen LogP contribution in [0, 0.1) is 12.8 Å². The number of rotatable bonds is 4. The summed E-state index contributed by atoms with van der Waals surface area (Å²) in [5.74, 6) is -0.290. The molecule has 1 fully saturated rings. The van der Waals surface area contributed by atoms with Crippen LogP contribution >= 0.6 is 0 Å². The average molecular weight is 375 g/mol. The van der Waals surface area contributed by atoms with Crippen molar-refractivity contribution in [1.29, 1.82) is 0 Å². The predicted molar refractivity (Wildman–Crippen MR) is 112 cm³/mol. The molecule has 0 radical (unpaired) electrons. The first-order chi connectivity index (χ1) is 13.6. The highest BCUT2D eigenvalue weighted by Crippen LogP contribution is 2.37. The lowest BCUT2D eigenvalue weighted by Crippen LogP contribution is -2.45. The first-order valence-corrected chi connectivity index (χ1v) is 9.93. The van der Waals surface area contributed by atoms with Crippen LogP contribution in [0.5, 0.6) is 0 Å². The molecular formula is C23H25N3O2. The molecular weight excluding hydrogens is 350 g/mol. The van der Waals surface area contributed by atoms with Crippen LogP contribution < -0.4 is 9.80 Å². The molecule has 4 rings (SSSR count). The van der Waals surface area contributed by atoms with Crippen LogP contribution in [0.4, 0.5) is 17.1 Å². The Labute approximate surface area is 165 Å². The lowest BCUT2D eigenvalue weighted by molar-refractivity contribution is -0.123. The zero-order valence-electron chi connectivity index (χ0n) is 16.4. The predicted octanol–water partition coefficient (Wildman–Crippen LogP) is 4.27. The zero-order valence-corrected chi connectivity index (χ0v) is 16.4. The summed E-state index contributed by atoms with van der Waals surface area (Å²) < 4.78 is 0. The van der Waals surface area contributed by atoms with Gasteiger partial charge in [0.1, 0.15) is 6.54 Å². The van der Waals surface area contributed by atoms with Gasteiger partial charge in [0.2, 0.25) is 11.8 Å². The smallest absolute Gasteiger partial charge is 0.247 e. The van der Waals surface area contributed by atoms with E-state index < -0.39 is 0 Å². The highest BCUT2D eigenvalue weighted by Gasteiger charge is 2.37. The lowest BCUT2D eigenvalue weighted by atomic mass is 10.0. The van der Waals surface area contributed by atoms with Gasteiger partial charge >= 0.3 is 0 Å². The summed E-state index contributed by atoms with van der Waals surface area (Å²) in [6.45, 7) is 4.54. The molecule has 2 aromatic carbocycles. The van der Waals surface area contributed by atoms with Gasteiger partial charge in [-0.15, -0.1) is 0 Å². The number of fused-ring (bicyclic) bond motifs is 2. The van der Waals surface area contributed by atoms with E-state index in [0.717, 1.165) is 47.6 Å². The Kier molecular flexibility index (Phi) is 4.99. The fraction of sp³-hybridized carbons (Fsp3) is 0.348. The summed E-state index contributed by atoms with van der Waals surface area (Å²) in [5.41, 5.74) is 4.42. The molecule has 5 nitrogen and oxygen atoms in total. The maximum atomic E-state index is 13.3. The molecule has 28 heavy (non-hydrogen) atoms. The van der Waals surface area contributed by atoms with Crippen molar-refractivity contribution in [3.63, 3.8) is 0 Å². The third-order valence-corrected chi connectivity index (χ3v) is 5.55. The Morgan fingerprint density at radius 2 is 2.04 bits per heavy atom. The molecule has 1 saturated carbocycles. The van der Waals surface area contributed by atoms with Gasteiger partial charge in [-0.1, -0.05) is 24.3 Å². The Bertz CT molecular complexity index is 950. The van der Waals surface area contributed by atoms with Gasteiger partial charge in [-0.2, -0.15) is 0 Å². The largest absolute Gasteiger partial charge is 0.311 e. The summed E-state index contributed by atoms with van der Waals surface area (Å²) in [6.07, 6.45) is 2.65. The van der Waals surface area contributed by atoms with Crippen LogP contribution in [0.25, 0.3) is 0 Å². The number of carbonyl (C=O) groups excluding carboxylic acids is 2. The first kappa shape index (κ1) is 18.4. The van der Waals surface area contributed by atoms with Crippen LogP contribution in [0.2, 0.25) is 0 Å². The molecule has 2 amide bonds. The number of hydrogen-bond acceptors (Lipinski definition) is 3. The third kappa shape index (κ3) is 3.33. The van der Waals surface area contributed by atoms with Gasteiger partial charge in [0, 0.05) is 17.9 Å². The minimum absolute atomic E-state index is 0.00477. The van der Waals surface area contributed by atoms with Crippen LogP contribution in [0.3, 0.4) is 0 Å². The van der Waals surface area contributed by atoms with Gasteiger partial charge in [-0.3, -0.25) is 14.6 Å².